The third-order valence-corrected chi connectivity index (χ3v) is 4.17. The van der Waals surface area contributed by atoms with Crippen LogP contribution in [0.15, 0.2) is 5.34 Å². The first-order valence-corrected chi connectivity index (χ1v) is 10.4. The Balaban J connectivity index is 0. The fraction of sp³-hybridized carbons (Fsp3) is 0.900. The molecule has 0 aliphatic carbocycles. The van der Waals surface area contributed by atoms with Crippen molar-refractivity contribution < 1.29 is 24.6 Å². The van der Waals surface area contributed by atoms with Gasteiger partial charge < -0.3 is 15.1 Å². The molecule has 0 rings (SSSR count). The van der Waals surface area contributed by atoms with E-state index in [2.05, 4.69) is 17.1 Å². The summed E-state index contributed by atoms with van der Waals surface area (Å²) >= 11 is 0. The average Bonchev–Trinajstić information content (AvgIpc) is 2.62. The number of aliphatic carboxylic acids is 2. The van der Waals surface area contributed by atoms with Crippen LogP contribution in [-0.2, 0) is 14.4 Å². The van der Waals surface area contributed by atoms with Crippen molar-refractivity contribution in [3.63, 3.8) is 0 Å². The molecule has 0 aromatic rings. The molecule has 0 aromatic carbocycles. The standard InChI is InChI=1S/C12H22O4.C8H17NO2/c13-11(14)9-7-5-3-1-2-4-6-8-10-12(15)16;1-2-3-4-5-6-7-8-11-9-10/h1-10H2,(H,13,14)(H,15,16);2-8H2,1H3. The minimum atomic E-state index is -0.714. The maximum absolute atomic E-state index is 10.2. The van der Waals surface area contributed by atoms with E-state index in [0.717, 1.165) is 64.2 Å². The first-order valence-electron chi connectivity index (χ1n) is 10.4. The Morgan fingerprint density at radius 1 is 0.667 bits per heavy atom. The third-order valence-electron chi connectivity index (χ3n) is 4.17. The Morgan fingerprint density at radius 3 is 1.41 bits per heavy atom. The second kappa shape index (κ2) is 24.3. The van der Waals surface area contributed by atoms with E-state index in [-0.39, 0.29) is 12.8 Å². The minimum absolute atomic E-state index is 0.276. The topological polar surface area (TPSA) is 113 Å². The summed E-state index contributed by atoms with van der Waals surface area (Å²) in [4.78, 5) is 34.2. The molecular formula is C20H39NO6. The van der Waals surface area contributed by atoms with Gasteiger partial charge >= 0.3 is 11.9 Å². The van der Waals surface area contributed by atoms with Gasteiger partial charge in [-0.3, -0.25) is 9.59 Å². The van der Waals surface area contributed by atoms with E-state index >= 15 is 0 Å². The van der Waals surface area contributed by atoms with E-state index in [1.54, 1.807) is 0 Å². The van der Waals surface area contributed by atoms with E-state index < -0.39 is 11.9 Å². The average molecular weight is 390 g/mol. The molecule has 0 amide bonds. The molecule has 0 radical (unpaired) electrons. The molecule has 0 fully saturated rings. The molecule has 7 nitrogen and oxygen atoms in total. The Morgan fingerprint density at radius 2 is 1.04 bits per heavy atom. The van der Waals surface area contributed by atoms with E-state index in [1.807, 2.05) is 0 Å². The van der Waals surface area contributed by atoms with Gasteiger partial charge in [-0.05, 0) is 25.7 Å². The SMILES string of the molecule is CCCCCCCCON=O.O=C(O)CCCCCCCCCCC(=O)O. The number of unbranched alkanes of at least 4 members (excludes halogenated alkanes) is 12. The van der Waals surface area contributed by atoms with Crippen LogP contribution < -0.4 is 0 Å². The molecular weight excluding hydrogens is 350 g/mol. The van der Waals surface area contributed by atoms with Crippen LogP contribution in [0.25, 0.3) is 0 Å². The summed E-state index contributed by atoms with van der Waals surface area (Å²) in [6, 6.07) is 0. The maximum Gasteiger partial charge on any atom is 0.303 e. The Hall–Kier alpha value is -1.66. The molecule has 160 valence electrons. The Labute approximate surface area is 163 Å². The first kappa shape index (κ1) is 27.6. The lowest BCUT2D eigenvalue weighted by Crippen LogP contribution is -1.94. The number of hydrogen-bond donors (Lipinski definition) is 2. The van der Waals surface area contributed by atoms with Crippen molar-refractivity contribution in [3.05, 3.63) is 4.91 Å². The van der Waals surface area contributed by atoms with Gasteiger partial charge in [0, 0.05) is 12.8 Å². The number of rotatable bonds is 19. The quantitative estimate of drug-likeness (QED) is 0.157. The fourth-order valence-corrected chi connectivity index (χ4v) is 2.60. The molecule has 0 bridgehead atoms. The number of carbonyl (C=O) groups is 2. The van der Waals surface area contributed by atoms with Crippen molar-refractivity contribution in [2.24, 2.45) is 5.34 Å². The highest BCUT2D eigenvalue weighted by atomic mass is 16.7. The van der Waals surface area contributed by atoms with Crippen molar-refractivity contribution in [1.82, 2.24) is 0 Å². The van der Waals surface area contributed by atoms with Crippen molar-refractivity contribution in [2.45, 2.75) is 110 Å². The van der Waals surface area contributed by atoms with Gasteiger partial charge in [0.1, 0.15) is 6.61 Å². The van der Waals surface area contributed by atoms with Gasteiger partial charge in [-0.15, -0.1) is 4.91 Å². The molecule has 0 spiro atoms. The molecule has 0 aliphatic heterocycles. The largest absolute Gasteiger partial charge is 0.481 e. The molecule has 7 heteroatoms. The summed E-state index contributed by atoms with van der Waals surface area (Å²) in [6.45, 7) is 2.68. The molecule has 0 aromatic heterocycles. The van der Waals surface area contributed by atoms with Gasteiger partial charge in [0.2, 0.25) is 0 Å². The van der Waals surface area contributed by atoms with Crippen LogP contribution in [-0.4, -0.2) is 28.8 Å². The normalized spacial score (nSPS) is 9.96. The number of hydrogen-bond acceptors (Lipinski definition) is 5. The second-order valence-corrected chi connectivity index (χ2v) is 6.79. The predicted molar refractivity (Wildman–Crippen MR) is 107 cm³/mol. The highest BCUT2D eigenvalue weighted by Crippen LogP contribution is 2.10. The zero-order valence-corrected chi connectivity index (χ0v) is 17.0. The van der Waals surface area contributed by atoms with Crippen LogP contribution in [0.5, 0.6) is 0 Å². The number of nitrogens with zero attached hydrogens (tertiary/aromatic N) is 1. The Bertz CT molecular complexity index is 327. The van der Waals surface area contributed by atoms with Crippen LogP contribution in [0.2, 0.25) is 0 Å². The maximum atomic E-state index is 10.2. The van der Waals surface area contributed by atoms with Crippen LogP contribution in [0.4, 0.5) is 0 Å². The molecule has 0 saturated carbocycles. The summed E-state index contributed by atoms with van der Waals surface area (Å²) < 4.78 is 0. The Kier molecular flexibility index (Phi) is 24.8. The predicted octanol–water partition coefficient (Wildman–Crippen LogP) is 6.10. The van der Waals surface area contributed by atoms with Crippen molar-refractivity contribution in [3.8, 4) is 0 Å². The van der Waals surface area contributed by atoms with E-state index in [4.69, 9.17) is 10.2 Å². The molecule has 2 N–H and O–H groups in total. The summed E-state index contributed by atoms with van der Waals surface area (Å²) in [5.74, 6) is -1.43. The smallest absolute Gasteiger partial charge is 0.303 e. The lowest BCUT2D eigenvalue weighted by Gasteiger charge is -2.00. The summed E-state index contributed by atoms with van der Waals surface area (Å²) in [7, 11) is 0. The van der Waals surface area contributed by atoms with Gasteiger partial charge in [-0.2, -0.15) is 0 Å². The monoisotopic (exact) mass is 389 g/mol. The molecule has 0 aliphatic rings. The summed E-state index contributed by atoms with van der Waals surface area (Å²) in [5.41, 5.74) is 0. The van der Waals surface area contributed by atoms with E-state index in [9.17, 15) is 14.5 Å². The molecule has 27 heavy (non-hydrogen) atoms. The molecule has 0 saturated heterocycles. The van der Waals surface area contributed by atoms with Gasteiger partial charge in [-0.1, -0.05) is 71.1 Å². The summed E-state index contributed by atoms with van der Waals surface area (Å²) in [5, 5.41) is 19.1. The third kappa shape index (κ3) is 32.5. The van der Waals surface area contributed by atoms with Crippen LogP contribution in [0, 0.1) is 4.91 Å². The van der Waals surface area contributed by atoms with Crippen LogP contribution in [0.3, 0.4) is 0 Å². The molecule has 0 atom stereocenters. The second-order valence-electron chi connectivity index (χ2n) is 6.79. The molecule has 0 unspecified atom stereocenters. The lowest BCUT2D eigenvalue weighted by atomic mass is 10.1. The van der Waals surface area contributed by atoms with Crippen molar-refractivity contribution in [2.75, 3.05) is 6.61 Å². The first-order chi connectivity index (χ1) is 13.0. The zero-order chi connectivity index (χ0) is 20.6. The lowest BCUT2D eigenvalue weighted by molar-refractivity contribution is -0.138. The highest BCUT2D eigenvalue weighted by Gasteiger charge is 1.98. The van der Waals surface area contributed by atoms with Crippen molar-refractivity contribution in [1.29, 1.82) is 0 Å². The number of carboxylic acid groups (broad SMARTS) is 2. The van der Waals surface area contributed by atoms with E-state index in [1.165, 1.54) is 25.7 Å². The zero-order valence-electron chi connectivity index (χ0n) is 17.0. The van der Waals surface area contributed by atoms with Gasteiger partial charge in [0.25, 0.3) is 0 Å². The van der Waals surface area contributed by atoms with Crippen molar-refractivity contribution >= 4 is 11.9 Å². The van der Waals surface area contributed by atoms with Gasteiger partial charge in [0.15, 0.2) is 5.34 Å². The fourth-order valence-electron chi connectivity index (χ4n) is 2.60. The minimum Gasteiger partial charge on any atom is -0.481 e. The van der Waals surface area contributed by atoms with Gasteiger partial charge in [0.05, 0.1) is 0 Å². The summed E-state index contributed by atoms with van der Waals surface area (Å²) in [6.07, 6.45) is 15.7. The highest BCUT2D eigenvalue weighted by molar-refractivity contribution is 5.66. The van der Waals surface area contributed by atoms with Crippen LogP contribution in [0.1, 0.15) is 110 Å². The molecule has 0 heterocycles. The van der Waals surface area contributed by atoms with Crippen LogP contribution >= 0.6 is 0 Å². The number of carboxylic acids is 2. The van der Waals surface area contributed by atoms with Gasteiger partial charge in [-0.25, -0.2) is 0 Å². The van der Waals surface area contributed by atoms with E-state index in [0.29, 0.717) is 6.61 Å².